The lowest BCUT2D eigenvalue weighted by molar-refractivity contribution is 0.150. The van der Waals surface area contributed by atoms with Gasteiger partial charge in [-0.3, -0.25) is 0 Å². The molecule has 3 heterocycles. The molecule has 32 heavy (non-hydrogen) atoms. The molecule has 4 aromatic rings. The second-order valence-corrected chi connectivity index (χ2v) is 8.33. The van der Waals surface area contributed by atoms with E-state index in [2.05, 4.69) is 21.4 Å². The first-order chi connectivity index (χ1) is 15.7. The van der Waals surface area contributed by atoms with E-state index in [1.165, 1.54) is 4.90 Å². The minimum absolute atomic E-state index is 0.366. The molecular formula is C24H20N4O3S. The van der Waals surface area contributed by atoms with Crippen molar-refractivity contribution in [2.24, 2.45) is 0 Å². The molecular weight excluding hydrogens is 424 g/mol. The highest BCUT2D eigenvalue weighted by atomic mass is 32.1. The summed E-state index contributed by atoms with van der Waals surface area (Å²) >= 11 is 1.61. The summed E-state index contributed by atoms with van der Waals surface area (Å²) in [5.41, 5.74) is 3.82. The van der Waals surface area contributed by atoms with Crippen LogP contribution in [0, 0.1) is 0 Å². The number of hydrogen-bond donors (Lipinski definition) is 2. The number of carboxylic acid groups (broad SMARTS) is 1. The third-order valence-corrected chi connectivity index (χ3v) is 6.16. The first-order valence-electron chi connectivity index (χ1n) is 10.2. The third kappa shape index (κ3) is 4.26. The minimum atomic E-state index is -0.900. The lowest BCUT2D eigenvalue weighted by atomic mass is 10.0. The predicted octanol–water partition coefficient (Wildman–Crippen LogP) is 5.99. The van der Waals surface area contributed by atoms with Gasteiger partial charge >= 0.3 is 6.09 Å². The summed E-state index contributed by atoms with van der Waals surface area (Å²) in [6.45, 7) is 0.826. The molecule has 0 saturated carbocycles. The zero-order valence-corrected chi connectivity index (χ0v) is 17.9. The van der Waals surface area contributed by atoms with Gasteiger partial charge in [0, 0.05) is 30.5 Å². The number of amides is 1. The number of carbonyl (C=O) groups is 1. The molecule has 0 radical (unpaired) electrons. The minimum Gasteiger partial charge on any atom is -0.465 e. The second kappa shape index (κ2) is 8.68. The first kappa shape index (κ1) is 20.0. The number of pyridine rings is 1. The topological polar surface area (TPSA) is 87.6 Å². The van der Waals surface area contributed by atoms with Crippen LogP contribution in [0.3, 0.4) is 0 Å². The Morgan fingerprint density at radius 2 is 1.94 bits per heavy atom. The monoisotopic (exact) mass is 444 g/mol. The second-order valence-electron chi connectivity index (χ2n) is 7.30. The van der Waals surface area contributed by atoms with Crippen molar-refractivity contribution in [3.05, 3.63) is 78.5 Å². The van der Waals surface area contributed by atoms with Gasteiger partial charge in [0.05, 0.1) is 10.2 Å². The van der Waals surface area contributed by atoms with E-state index >= 15 is 0 Å². The van der Waals surface area contributed by atoms with E-state index < -0.39 is 6.09 Å². The van der Waals surface area contributed by atoms with Crippen molar-refractivity contribution >= 4 is 44.0 Å². The maximum atomic E-state index is 11.1. The third-order valence-electron chi connectivity index (χ3n) is 5.21. The SMILES string of the molecule is O=C(O)N1CC=C(c2cccnc2Oc2ccc(Nc3nc4ccccc4s3)cc2)CC1. The van der Waals surface area contributed by atoms with Gasteiger partial charge in [-0.15, -0.1) is 0 Å². The number of fused-ring (bicyclic) bond motifs is 1. The molecule has 2 N–H and O–H groups in total. The van der Waals surface area contributed by atoms with Gasteiger partial charge in [0.1, 0.15) is 5.75 Å². The number of hydrogen-bond acceptors (Lipinski definition) is 6. The molecule has 2 aromatic carbocycles. The summed E-state index contributed by atoms with van der Waals surface area (Å²) in [5, 5.41) is 13.3. The Morgan fingerprint density at radius 1 is 1.09 bits per heavy atom. The van der Waals surface area contributed by atoms with Crippen LogP contribution in [0.2, 0.25) is 0 Å². The number of rotatable bonds is 5. The van der Waals surface area contributed by atoms with Gasteiger partial charge in [0.2, 0.25) is 5.88 Å². The Bertz CT molecular complexity index is 1270. The molecule has 2 aromatic heterocycles. The molecule has 0 saturated heterocycles. The van der Waals surface area contributed by atoms with E-state index in [-0.39, 0.29) is 0 Å². The Balaban J connectivity index is 1.30. The normalized spacial score (nSPS) is 13.6. The fourth-order valence-corrected chi connectivity index (χ4v) is 4.46. The predicted molar refractivity (Wildman–Crippen MR) is 126 cm³/mol. The standard InChI is InChI=1S/C24H20N4O3S/c29-24(30)28-14-11-16(12-15-28)19-4-3-13-25-22(19)31-18-9-7-17(8-10-18)26-23-27-20-5-1-2-6-21(20)32-23/h1-11,13H,12,14-15H2,(H,26,27)(H,29,30). The number of anilines is 2. The van der Waals surface area contributed by atoms with Crippen molar-refractivity contribution in [3.8, 4) is 11.6 Å². The van der Waals surface area contributed by atoms with E-state index in [1.54, 1.807) is 17.5 Å². The van der Waals surface area contributed by atoms with Gasteiger partial charge in [-0.25, -0.2) is 14.8 Å². The Labute approximate surface area is 188 Å². The van der Waals surface area contributed by atoms with Crippen molar-refractivity contribution in [2.45, 2.75) is 6.42 Å². The number of nitrogens with zero attached hydrogens (tertiary/aromatic N) is 3. The number of para-hydroxylation sites is 1. The number of ether oxygens (including phenoxy) is 1. The van der Waals surface area contributed by atoms with Crippen LogP contribution in [0.5, 0.6) is 11.6 Å². The lowest BCUT2D eigenvalue weighted by Gasteiger charge is -2.24. The van der Waals surface area contributed by atoms with E-state index in [1.807, 2.05) is 60.7 Å². The van der Waals surface area contributed by atoms with Gasteiger partial charge in [-0.2, -0.15) is 0 Å². The van der Waals surface area contributed by atoms with Crippen molar-refractivity contribution in [1.29, 1.82) is 0 Å². The zero-order chi connectivity index (χ0) is 21.9. The van der Waals surface area contributed by atoms with Crippen LogP contribution in [0.25, 0.3) is 15.8 Å². The first-order valence-corrected chi connectivity index (χ1v) is 11.0. The largest absolute Gasteiger partial charge is 0.465 e. The molecule has 8 heteroatoms. The molecule has 0 aliphatic carbocycles. The summed E-state index contributed by atoms with van der Waals surface area (Å²) in [5.74, 6) is 1.18. The number of nitrogens with one attached hydrogen (secondary N) is 1. The van der Waals surface area contributed by atoms with E-state index in [0.29, 0.717) is 31.1 Å². The molecule has 1 amide bonds. The Hall–Kier alpha value is -3.91. The van der Waals surface area contributed by atoms with Gasteiger partial charge in [-0.1, -0.05) is 29.5 Å². The molecule has 0 fully saturated rings. The molecule has 1 aliphatic heterocycles. The van der Waals surface area contributed by atoms with Crippen molar-refractivity contribution < 1.29 is 14.6 Å². The highest BCUT2D eigenvalue weighted by Crippen LogP contribution is 2.33. The quantitative estimate of drug-likeness (QED) is 0.393. The molecule has 5 rings (SSSR count). The van der Waals surface area contributed by atoms with Crippen LogP contribution in [0.4, 0.5) is 15.6 Å². The van der Waals surface area contributed by atoms with Crippen LogP contribution in [-0.2, 0) is 0 Å². The molecule has 1 aliphatic rings. The average Bonchev–Trinajstić information content (AvgIpc) is 3.23. The molecule has 0 unspecified atom stereocenters. The van der Waals surface area contributed by atoms with Crippen molar-refractivity contribution in [3.63, 3.8) is 0 Å². The summed E-state index contributed by atoms with van der Waals surface area (Å²) in [4.78, 5) is 21.5. The fraction of sp³-hybridized carbons (Fsp3) is 0.125. The number of benzene rings is 2. The van der Waals surface area contributed by atoms with Gasteiger partial charge in [0.25, 0.3) is 0 Å². The van der Waals surface area contributed by atoms with E-state index in [9.17, 15) is 4.79 Å². The van der Waals surface area contributed by atoms with Gasteiger partial charge < -0.3 is 20.1 Å². The van der Waals surface area contributed by atoms with Gasteiger partial charge in [-0.05, 0) is 60.5 Å². The molecule has 0 bridgehead atoms. The van der Waals surface area contributed by atoms with Crippen LogP contribution in [0.15, 0.2) is 72.9 Å². The van der Waals surface area contributed by atoms with Crippen LogP contribution in [-0.4, -0.2) is 39.2 Å². The van der Waals surface area contributed by atoms with E-state index in [0.717, 1.165) is 32.2 Å². The Kier molecular flexibility index (Phi) is 5.43. The Morgan fingerprint density at radius 3 is 2.69 bits per heavy atom. The molecule has 0 atom stereocenters. The molecule has 7 nitrogen and oxygen atoms in total. The van der Waals surface area contributed by atoms with Crippen LogP contribution in [0.1, 0.15) is 12.0 Å². The number of aromatic nitrogens is 2. The van der Waals surface area contributed by atoms with E-state index in [4.69, 9.17) is 9.84 Å². The molecule has 160 valence electrons. The summed E-state index contributed by atoms with van der Waals surface area (Å²) < 4.78 is 7.21. The number of thiazole rings is 1. The van der Waals surface area contributed by atoms with Crippen molar-refractivity contribution in [1.82, 2.24) is 14.9 Å². The highest BCUT2D eigenvalue weighted by molar-refractivity contribution is 7.22. The summed E-state index contributed by atoms with van der Waals surface area (Å²) in [6, 6.07) is 19.5. The maximum absolute atomic E-state index is 11.1. The smallest absolute Gasteiger partial charge is 0.407 e. The average molecular weight is 445 g/mol. The lowest BCUT2D eigenvalue weighted by Crippen LogP contribution is -2.33. The maximum Gasteiger partial charge on any atom is 0.407 e. The van der Waals surface area contributed by atoms with Gasteiger partial charge in [0.15, 0.2) is 5.13 Å². The summed E-state index contributed by atoms with van der Waals surface area (Å²) in [7, 11) is 0. The molecule has 0 spiro atoms. The zero-order valence-electron chi connectivity index (χ0n) is 17.1. The highest BCUT2D eigenvalue weighted by Gasteiger charge is 2.19. The van der Waals surface area contributed by atoms with Crippen LogP contribution < -0.4 is 10.1 Å². The fourth-order valence-electron chi connectivity index (χ4n) is 3.57. The summed E-state index contributed by atoms with van der Waals surface area (Å²) in [6.07, 6.45) is 3.34. The van der Waals surface area contributed by atoms with Crippen LogP contribution >= 0.6 is 11.3 Å². The van der Waals surface area contributed by atoms with Crippen molar-refractivity contribution in [2.75, 3.05) is 18.4 Å².